The zero-order valence-corrected chi connectivity index (χ0v) is 15.9. The number of benzene rings is 2. The molecule has 2 aromatic carbocycles. The van der Waals surface area contributed by atoms with Crippen LogP contribution in [0.1, 0.15) is 29.5 Å². The lowest BCUT2D eigenvalue weighted by molar-refractivity contribution is -0.137. The molecule has 1 aliphatic heterocycles. The van der Waals surface area contributed by atoms with E-state index in [9.17, 15) is 26.4 Å². The zero-order chi connectivity index (χ0) is 20.5. The molecule has 9 heteroatoms. The second-order valence-corrected chi connectivity index (χ2v) is 8.39. The van der Waals surface area contributed by atoms with Gasteiger partial charge in [-0.1, -0.05) is 18.2 Å². The van der Waals surface area contributed by atoms with Crippen LogP contribution < -0.4 is 9.62 Å². The summed E-state index contributed by atoms with van der Waals surface area (Å²) in [6.07, 6.45) is -3.26. The van der Waals surface area contributed by atoms with Gasteiger partial charge in [-0.25, -0.2) is 13.1 Å². The Kier molecular flexibility index (Phi) is 5.49. The second-order valence-electron chi connectivity index (χ2n) is 6.62. The van der Waals surface area contributed by atoms with Crippen LogP contribution in [-0.4, -0.2) is 20.9 Å². The lowest BCUT2D eigenvalue weighted by Gasteiger charge is -2.19. The molecule has 1 saturated heterocycles. The summed E-state index contributed by atoms with van der Waals surface area (Å²) in [5.41, 5.74) is 0.672. The van der Waals surface area contributed by atoms with Crippen molar-refractivity contribution >= 4 is 21.6 Å². The normalized spacial score (nSPS) is 15.3. The van der Waals surface area contributed by atoms with Gasteiger partial charge in [-0.3, -0.25) is 4.79 Å². The fourth-order valence-electron chi connectivity index (χ4n) is 3.12. The molecule has 1 amide bonds. The van der Waals surface area contributed by atoms with E-state index in [1.165, 1.54) is 24.3 Å². The molecule has 1 heterocycles. The Morgan fingerprint density at radius 1 is 1.14 bits per heavy atom. The first kappa shape index (κ1) is 20.3. The van der Waals surface area contributed by atoms with E-state index < -0.39 is 21.8 Å². The van der Waals surface area contributed by atoms with Crippen LogP contribution in [0, 0.1) is 6.92 Å². The van der Waals surface area contributed by atoms with Crippen molar-refractivity contribution in [2.75, 3.05) is 11.4 Å². The number of carbonyl (C=O) groups excluding carboxylic acids is 1. The molecule has 150 valence electrons. The third kappa shape index (κ3) is 4.36. The number of amides is 1. The van der Waals surface area contributed by atoms with E-state index in [-0.39, 0.29) is 22.9 Å². The highest BCUT2D eigenvalue weighted by Crippen LogP contribution is 2.30. The van der Waals surface area contributed by atoms with Gasteiger partial charge in [0.25, 0.3) is 0 Å². The molecule has 0 atom stereocenters. The first-order chi connectivity index (χ1) is 13.1. The Bertz CT molecular complexity index is 1000. The summed E-state index contributed by atoms with van der Waals surface area (Å²) in [4.78, 5) is 13.5. The number of nitrogens with zero attached hydrogens (tertiary/aromatic N) is 1. The van der Waals surface area contributed by atoms with Gasteiger partial charge in [-0.2, -0.15) is 13.2 Å². The minimum atomic E-state index is -4.49. The number of sulfonamides is 1. The topological polar surface area (TPSA) is 66.5 Å². The van der Waals surface area contributed by atoms with Crippen LogP contribution in [0.3, 0.4) is 0 Å². The third-order valence-electron chi connectivity index (χ3n) is 4.56. The number of anilines is 1. The average molecular weight is 412 g/mol. The van der Waals surface area contributed by atoms with E-state index >= 15 is 0 Å². The standard InChI is InChI=1S/C19H19F3N2O3S/c1-13-10-16(7-8-17(13)24-9-3-6-18(24)25)28(26,27)23-12-14-4-2-5-15(11-14)19(20,21)22/h2,4-5,7-8,10-11,23H,3,6,9,12H2,1H3. The number of hydrogen-bond acceptors (Lipinski definition) is 3. The molecule has 3 rings (SSSR count). The lowest BCUT2D eigenvalue weighted by atomic mass is 10.1. The molecule has 0 saturated carbocycles. The predicted octanol–water partition coefficient (Wildman–Crippen LogP) is 3.62. The maximum absolute atomic E-state index is 12.8. The van der Waals surface area contributed by atoms with E-state index in [2.05, 4.69) is 4.72 Å². The minimum Gasteiger partial charge on any atom is -0.312 e. The molecule has 0 radical (unpaired) electrons. The van der Waals surface area contributed by atoms with E-state index in [1.807, 2.05) is 0 Å². The van der Waals surface area contributed by atoms with Crippen molar-refractivity contribution in [1.82, 2.24) is 4.72 Å². The van der Waals surface area contributed by atoms with E-state index in [0.29, 0.717) is 24.2 Å². The number of rotatable bonds is 5. The molecule has 2 aromatic rings. The van der Waals surface area contributed by atoms with Crippen molar-refractivity contribution in [2.24, 2.45) is 0 Å². The van der Waals surface area contributed by atoms with Gasteiger partial charge in [0, 0.05) is 25.2 Å². The SMILES string of the molecule is Cc1cc(S(=O)(=O)NCc2cccc(C(F)(F)F)c2)ccc1N1CCCC1=O. The number of hydrogen-bond donors (Lipinski definition) is 1. The number of halogens is 3. The minimum absolute atomic E-state index is 0.00128. The molecule has 0 unspecified atom stereocenters. The van der Waals surface area contributed by atoms with Crippen molar-refractivity contribution < 1.29 is 26.4 Å². The van der Waals surface area contributed by atoms with Crippen LogP contribution >= 0.6 is 0 Å². The highest BCUT2D eigenvalue weighted by atomic mass is 32.2. The molecule has 28 heavy (non-hydrogen) atoms. The Morgan fingerprint density at radius 2 is 1.89 bits per heavy atom. The molecule has 5 nitrogen and oxygen atoms in total. The second kappa shape index (κ2) is 7.56. The van der Waals surface area contributed by atoms with Gasteiger partial charge in [0.1, 0.15) is 0 Å². The van der Waals surface area contributed by atoms with Crippen molar-refractivity contribution in [2.45, 2.75) is 37.4 Å². The van der Waals surface area contributed by atoms with Gasteiger partial charge in [-0.15, -0.1) is 0 Å². The van der Waals surface area contributed by atoms with Crippen molar-refractivity contribution in [1.29, 1.82) is 0 Å². The number of alkyl halides is 3. The molecule has 0 bridgehead atoms. The molecule has 1 N–H and O–H groups in total. The Morgan fingerprint density at radius 3 is 2.50 bits per heavy atom. The molecule has 1 fully saturated rings. The highest BCUT2D eigenvalue weighted by molar-refractivity contribution is 7.89. The van der Waals surface area contributed by atoms with E-state index in [1.54, 1.807) is 17.9 Å². The molecule has 1 aliphatic rings. The average Bonchev–Trinajstić information content (AvgIpc) is 3.05. The van der Waals surface area contributed by atoms with Crippen LogP contribution in [0.15, 0.2) is 47.4 Å². The fraction of sp³-hybridized carbons (Fsp3) is 0.316. The first-order valence-electron chi connectivity index (χ1n) is 8.65. The molecule has 0 aromatic heterocycles. The van der Waals surface area contributed by atoms with Crippen LogP contribution in [0.4, 0.5) is 18.9 Å². The monoisotopic (exact) mass is 412 g/mol. The van der Waals surface area contributed by atoms with Crippen molar-refractivity contribution in [3.05, 3.63) is 59.2 Å². The van der Waals surface area contributed by atoms with E-state index in [0.717, 1.165) is 18.6 Å². The maximum atomic E-state index is 12.8. The lowest BCUT2D eigenvalue weighted by Crippen LogP contribution is -2.26. The van der Waals surface area contributed by atoms with Crippen molar-refractivity contribution in [3.63, 3.8) is 0 Å². The van der Waals surface area contributed by atoms with Crippen LogP contribution in [0.25, 0.3) is 0 Å². The predicted molar refractivity (Wildman–Crippen MR) is 98.2 cm³/mol. The summed E-state index contributed by atoms with van der Waals surface area (Å²) >= 11 is 0. The molecule has 0 aliphatic carbocycles. The Labute approximate surface area is 161 Å². The largest absolute Gasteiger partial charge is 0.416 e. The van der Waals surface area contributed by atoms with Crippen LogP contribution in [-0.2, 0) is 27.5 Å². The van der Waals surface area contributed by atoms with Gasteiger partial charge in [-0.05, 0) is 48.7 Å². The van der Waals surface area contributed by atoms with Gasteiger partial charge in [0.15, 0.2) is 0 Å². The number of nitrogens with one attached hydrogen (secondary N) is 1. The van der Waals surface area contributed by atoms with Crippen molar-refractivity contribution in [3.8, 4) is 0 Å². The summed E-state index contributed by atoms with van der Waals surface area (Å²) < 4.78 is 65.7. The van der Waals surface area contributed by atoms with E-state index in [4.69, 9.17) is 0 Å². The Hall–Kier alpha value is -2.39. The van der Waals surface area contributed by atoms with Gasteiger partial charge in [0.05, 0.1) is 10.5 Å². The quantitative estimate of drug-likeness (QED) is 0.816. The van der Waals surface area contributed by atoms with Gasteiger partial charge < -0.3 is 4.90 Å². The Balaban J connectivity index is 1.76. The van der Waals surface area contributed by atoms with Crippen LogP contribution in [0.5, 0.6) is 0 Å². The third-order valence-corrected chi connectivity index (χ3v) is 5.96. The molecular formula is C19H19F3N2O3S. The molecule has 0 spiro atoms. The number of aryl methyl sites for hydroxylation is 1. The fourth-order valence-corrected chi connectivity index (χ4v) is 4.22. The summed E-state index contributed by atoms with van der Waals surface area (Å²) in [7, 11) is -3.92. The summed E-state index contributed by atoms with van der Waals surface area (Å²) in [5.74, 6) is 0.00128. The zero-order valence-electron chi connectivity index (χ0n) is 15.1. The first-order valence-corrected chi connectivity index (χ1v) is 10.1. The summed E-state index contributed by atoms with van der Waals surface area (Å²) in [6, 6.07) is 8.92. The van der Waals surface area contributed by atoms with Gasteiger partial charge in [0.2, 0.25) is 15.9 Å². The van der Waals surface area contributed by atoms with Gasteiger partial charge >= 0.3 is 6.18 Å². The maximum Gasteiger partial charge on any atom is 0.416 e. The highest BCUT2D eigenvalue weighted by Gasteiger charge is 2.30. The number of carbonyl (C=O) groups is 1. The summed E-state index contributed by atoms with van der Waals surface area (Å²) in [6.45, 7) is 2.05. The molecular weight excluding hydrogens is 393 g/mol. The van der Waals surface area contributed by atoms with Crippen LogP contribution in [0.2, 0.25) is 0 Å². The summed E-state index contributed by atoms with van der Waals surface area (Å²) in [5, 5.41) is 0. The smallest absolute Gasteiger partial charge is 0.312 e.